The van der Waals surface area contributed by atoms with Crippen molar-refractivity contribution in [2.24, 2.45) is 0 Å². The summed E-state index contributed by atoms with van der Waals surface area (Å²) in [6.45, 7) is 3.03. The zero-order valence-corrected chi connectivity index (χ0v) is 14.8. The van der Waals surface area contributed by atoms with Crippen LogP contribution in [0.4, 0.5) is 0 Å². The van der Waals surface area contributed by atoms with E-state index in [9.17, 15) is 8.42 Å². The minimum Gasteiger partial charge on any atom is -0.385 e. The highest BCUT2D eigenvalue weighted by atomic mass is 35.5. The molecule has 0 aliphatic carbocycles. The summed E-state index contributed by atoms with van der Waals surface area (Å²) in [6, 6.07) is 5.27. The number of methoxy groups -OCH3 is 1. The Bertz CT molecular complexity index is 583. The lowest BCUT2D eigenvalue weighted by molar-refractivity contribution is 0.172. The van der Waals surface area contributed by atoms with Crippen LogP contribution in [-0.4, -0.2) is 39.0 Å². The fourth-order valence-corrected chi connectivity index (χ4v) is 5.61. The summed E-state index contributed by atoms with van der Waals surface area (Å²) < 4.78 is 32.9. The van der Waals surface area contributed by atoms with Gasteiger partial charge in [-0.1, -0.05) is 30.2 Å². The molecule has 1 heterocycles. The summed E-state index contributed by atoms with van der Waals surface area (Å²) in [5, 5.41) is 0.307. The molecule has 0 radical (unpaired) electrons. The molecule has 1 aliphatic heterocycles. The monoisotopic (exact) mass is 345 g/mol. The third-order valence-corrected chi connectivity index (χ3v) is 6.77. The summed E-state index contributed by atoms with van der Waals surface area (Å²) in [7, 11) is -1.88. The number of halogens is 1. The second kappa shape index (κ2) is 7.77. The molecule has 0 amide bonds. The van der Waals surface area contributed by atoms with Gasteiger partial charge in [-0.2, -0.15) is 4.31 Å². The van der Waals surface area contributed by atoms with Crippen LogP contribution in [0.15, 0.2) is 23.1 Å². The fraction of sp³-hybridized carbons (Fsp3) is 0.625. The van der Waals surface area contributed by atoms with E-state index < -0.39 is 10.0 Å². The van der Waals surface area contributed by atoms with Gasteiger partial charge in [-0.05, 0) is 44.2 Å². The van der Waals surface area contributed by atoms with Crippen LogP contribution < -0.4 is 0 Å². The molecule has 4 nitrogen and oxygen atoms in total. The largest absolute Gasteiger partial charge is 0.385 e. The summed E-state index contributed by atoms with van der Waals surface area (Å²) in [6.07, 6.45) is 4.59. The molecule has 2 rings (SSSR count). The van der Waals surface area contributed by atoms with Crippen molar-refractivity contribution in [3.63, 3.8) is 0 Å². The first-order valence-corrected chi connectivity index (χ1v) is 9.56. The molecule has 1 atom stereocenters. The van der Waals surface area contributed by atoms with Crippen LogP contribution in [0.5, 0.6) is 0 Å². The zero-order chi connectivity index (χ0) is 16.2. The van der Waals surface area contributed by atoms with E-state index >= 15 is 0 Å². The van der Waals surface area contributed by atoms with E-state index in [0.717, 1.165) is 32.1 Å². The third kappa shape index (κ3) is 3.82. The van der Waals surface area contributed by atoms with Crippen molar-refractivity contribution in [1.29, 1.82) is 0 Å². The molecule has 0 N–H and O–H groups in total. The van der Waals surface area contributed by atoms with Gasteiger partial charge in [0, 0.05) is 26.3 Å². The number of ether oxygens (including phenoxy) is 1. The minimum absolute atomic E-state index is 0.0459. The Kier molecular flexibility index (Phi) is 6.26. The van der Waals surface area contributed by atoms with E-state index in [4.69, 9.17) is 16.3 Å². The van der Waals surface area contributed by atoms with Crippen LogP contribution in [0, 0.1) is 6.92 Å². The van der Waals surface area contributed by atoms with Crippen LogP contribution in [0.25, 0.3) is 0 Å². The van der Waals surface area contributed by atoms with Crippen LogP contribution >= 0.6 is 11.6 Å². The van der Waals surface area contributed by atoms with Gasteiger partial charge in [0.25, 0.3) is 0 Å². The predicted octanol–water partition coefficient (Wildman–Crippen LogP) is 3.62. The molecule has 1 saturated heterocycles. The predicted molar refractivity (Wildman–Crippen MR) is 88.8 cm³/mol. The summed E-state index contributed by atoms with van der Waals surface area (Å²) in [5.41, 5.74) is 0.703. The van der Waals surface area contributed by atoms with Crippen molar-refractivity contribution in [1.82, 2.24) is 4.31 Å². The van der Waals surface area contributed by atoms with Crippen molar-refractivity contribution in [2.75, 3.05) is 20.3 Å². The van der Waals surface area contributed by atoms with E-state index in [1.165, 1.54) is 0 Å². The minimum atomic E-state index is -3.55. The quantitative estimate of drug-likeness (QED) is 0.740. The van der Waals surface area contributed by atoms with Gasteiger partial charge in [-0.25, -0.2) is 8.42 Å². The summed E-state index contributed by atoms with van der Waals surface area (Å²) in [4.78, 5) is 0.260. The molecule has 1 aromatic carbocycles. The smallest absolute Gasteiger partial charge is 0.245 e. The molecule has 1 fully saturated rings. The van der Waals surface area contributed by atoms with Crippen LogP contribution in [-0.2, 0) is 14.8 Å². The number of aryl methyl sites for hydroxylation is 1. The molecular formula is C16H24ClNO3S. The van der Waals surface area contributed by atoms with Gasteiger partial charge in [0.2, 0.25) is 10.0 Å². The van der Waals surface area contributed by atoms with E-state index in [2.05, 4.69) is 0 Å². The number of piperidine rings is 1. The van der Waals surface area contributed by atoms with E-state index in [1.807, 2.05) is 0 Å². The number of sulfonamides is 1. The van der Waals surface area contributed by atoms with Crippen LogP contribution in [0.1, 0.15) is 37.7 Å². The molecule has 1 aromatic rings. The van der Waals surface area contributed by atoms with Crippen molar-refractivity contribution >= 4 is 21.6 Å². The number of hydrogen-bond donors (Lipinski definition) is 0. The Hall–Kier alpha value is -0.620. The average molecular weight is 346 g/mol. The first kappa shape index (κ1) is 17.7. The Morgan fingerprint density at radius 2 is 2.14 bits per heavy atom. The Labute approximate surface area is 138 Å². The number of benzene rings is 1. The number of hydrogen-bond acceptors (Lipinski definition) is 3. The lowest BCUT2D eigenvalue weighted by Gasteiger charge is -2.35. The third-order valence-electron chi connectivity index (χ3n) is 4.19. The number of rotatable bonds is 6. The first-order chi connectivity index (χ1) is 10.5. The number of nitrogens with zero attached hydrogens (tertiary/aromatic N) is 1. The second-order valence-corrected chi connectivity index (χ2v) is 8.02. The molecular weight excluding hydrogens is 322 g/mol. The zero-order valence-electron chi connectivity index (χ0n) is 13.2. The van der Waals surface area contributed by atoms with E-state index in [-0.39, 0.29) is 10.9 Å². The molecule has 0 aromatic heterocycles. The van der Waals surface area contributed by atoms with E-state index in [1.54, 1.807) is 36.5 Å². The fourth-order valence-electron chi connectivity index (χ4n) is 3.10. The summed E-state index contributed by atoms with van der Waals surface area (Å²) in [5.74, 6) is 0. The average Bonchev–Trinajstić information content (AvgIpc) is 2.47. The van der Waals surface area contributed by atoms with Crippen molar-refractivity contribution < 1.29 is 13.2 Å². The highest BCUT2D eigenvalue weighted by molar-refractivity contribution is 7.89. The first-order valence-electron chi connectivity index (χ1n) is 7.74. The molecule has 22 heavy (non-hydrogen) atoms. The van der Waals surface area contributed by atoms with Gasteiger partial charge in [-0.3, -0.25) is 0 Å². The van der Waals surface area contributed by atoms with Gasteiger partial charge >= 0.3 is 0 Å². The summed E-state index contributed by atoms with van der Waals surface area (Å²) >= 11 is 6.18. The second-order valence-electron chi connectivity index (χ2n) is 5.79. The maximum atomic E-state index is 13.1. The van der Waals surface area contributed by atoms with Crippen molar-refractivity contribution in [3.05, 3.63) is 28.8 Å². The van der Waals surface area contributed by atoms with Gasteiger partial charge < -0.3 is 4.74 Å². The van der Waals surface area contributed by atoms with E-state index in [0.29, 0.717) is 23.7 Å². The Morgan fingerprint density at radius 1 is 1.36 bits per heavy atom. The van der Waals surface area contributed by atoms with Crippen molar-refractivity contribution in [2.45, 2.75) is 50.0 Å². The molecule has 1 aliphatic rings. The normalized spacial score (nSPS) is 20.2. The molecule has 6 heteroatoms. The Balaban J connectivity index is 2.29. The Morgan fingerprint density at radius 3 is 2.82 bits per heavy atom. The standard InChI is InChI=1S/C16H24ClNO3S/c1-13-7-5-10-15(17)16(13)22(19,20)18-11-4-3-8-14(18)9-6-12-21-2/h5,7,10,14H,3-4,6,8-9,11-12H2,1-2H3. The van der Waals surface area contributed by atoms with Gasteiger partial charge in [0.1, 0.15) is 4.90 Å². The maximum Gasteiger partial charge on any atom is 0.245 e. The van der Waals surface area contributed by atoms with Crippen molar-refractivity contribution in [3.8, 4) is 0 Å². The van der Waals surface area contributed by atoms with Crippen LogP contribution in [0.3, 0.4) is 0 Å². The SMILES string of the molecule is COCCCC1CCCCN1S(=O)(=O)c1c(C)cccc1Cl. The van der Waals surface area contributed by atoms with Gasteiger partial charge in [-0.15, -0.1) is 0 Å². The van der Waals surface area contributed by atoms with Crippen LogP contribution in [0.2, 0.25) is 5.02 Å². The lowest BCUT2D eigenvalue weighted by Crippen LogP contribution is -2.44. The van der Waals surface area contributed by atoms with Gasteiger partial charge in [0.15, 0.2) is 0 Å². The highest BCUT2D eigenvalue weighted by Crippen LogP contribution is 2.32. The molecule has 0 spiro atoms. The van der Waals surface area contributed by atoms with Gasteiger partial charge in [0.05, 0.1) is 5.02 Å². The molecule has 0 bridgehead atoms. The lowest BCUT2D eigenvalue weighted by atomic mass is 10.0. The molecule has 124 valence electrons. The molecule has 0 saturated carbocycles. The molecule has 1 unspecified atom stereocenters. The maximum absolute atomic E-state index is 13.1. The highest BCUT2D eigenvalue weighted by Gasteiger charge is 2.35. The topological polar surface area (TPSA) is 46.6 Å².